The number of carbonyl (C=O) groups is 1. The van der Waals surface area contributed by atoms with Crippen molar-refractivity contribution >= 4 is 5.97 Å². The zero-order chi connectivity index (χ0) is 22.2. The maximum Gasteiger partial charge on any atom is 0.337 e. The first-order valence-electron chi connectivity index (χ1n) is 9.78. The van der Waals surface area contributed by atoms with Gasteiger partial charge < -0.3 is 23.5 Å². The van der Waals surface area contributed by atoms with Crippen LogP contribution in [0.25, 0.3) is 0 Å². The predicted octanol–water partition coefficient (Wildman–Crippen LogP) is 3.61. The number of hydrogen-bond acceptors (Lipinski definition) is 6. The molecule has 3 aromatic rings. The summed E-state index contributed by atoms with van der Waals surface area (Å²) in [4.78, 5) is 23.8. The van der Waals surface area contributed by atoms with Gasteiger partial charge in [0.05, 0.1) is 32.0 Å². The maximum absolute atomic E-state index is 12.3. The van der Waals surface area contributed by atoms with Crippen LogP contribution in [0.2, 0.25) is 0 Å². The van der Waals surface area contributed by atoms with Gasteiger partial charge in [-0.1, -0.05) is 12.1 Å². The molecule has 0 saturated carbocycles. The molecule has 31 heavy (non-hydrogen) atoms. The zero-order valence-corrected chi connectivity index (χ0v) is 17.8. The van der Waals surface area contributed by atoms with Crippen molar-refractivity contribution in [3.05, 3.63) is 87.8 Å². The van der Waals surface area contributed by atoms with E-state index in [0.29, 0.717) is 24.5 Å². The molecule has 0 aliphatic rings. The molecule has 0 amide bonds. The van der Waals surface area contributed by atoms with Gasteiger partial charge in [-0.15, -0.1) is 0 Å². The summed E-state index contributed by atoms with van der Waals surface area (Å²) in [6, 6.07) is 15.7. The summed E-state index contributed by atoms with van der Waals surface area (Å²) >= 11 is 0. The molecule has 0 bridgehead atoms. The highest BCUT2D eigenvalue weighted by atomic mass is 16.5. The summed E-state index contributed by atoms with van der Waals surface area (Å²) in [7, 11) is 2.95. The standard InChI is InChI=1S/C24H25NO6/c1-17-23(31-16-18-4-6-19(7-5-18)24(27)29-3)22(26)12-13-25(17)14-15-30-21-10-8-20(28-2)9-11-21/h4-13H,14-16H2,1-3H3. The second-order valence-corrected chi connectivity index (χ2v) is 6.79. The quantitative estimate of drug-likeness (QED) is 0.490. The van der Waals surface area contributed by atoms with Gasteiger partial charge in [-0.25, -0.2) is 4.79 Å². The van der Waals surface area contributed by atoms with E-state index < -0.39 is 5.97 Å². The third-order valence-corrected chi connectivity index (χ3v) is 4.81. The van der Waals surface area contributed by atoms with Crippen molar-refractivity contribution in [1.29, 1.82) is 0 Å². The first kappa shape index (κ1) is 22.0. The number of esters is 1. The van der Waals surface area contributed by atoms with Crippen molar-refractivity contribution in [1.82, 2.24) is 4.57 Å². The van der Waals surface area contributed by atoms with Crippen LogP contribution in [0.3, 0.4) is 0 Å². The van der Waals surface area contributed by atoms with Crippen LogP contribution in [0.4, 0.5) is 0 Å². The summed E-state index contributed by atoms with van der Waals surface area (Å²) in [5.74, 6) is 1.41. The summed E-state index contributed by atoms with van der Waals surface area (Å²) in [5.41, 5.74) is 1.83. The summed E-state index contributed by atoms with van der Waals surface area (Å²) in [6.45, 7) is 3.04. The van der Waals surface area contributed by atoms with Gasteiger partial charge in [0.25, 0.3) is 0 Å². The van der Waals surface area contributed by atoms with E-state index in [-0.39, 0.29) is 12.0 Å². The van der Waals surface area contributed by atoms with Crippen molar-refractivity contribution < 1.29 is 23.7 Å². The Balaban J connectivity index is 1.61. The van der Waals surface area contributed by atoms with E-state index in [2.05, 4.69) is 0 Å². The number of methoxy groups -OCH3 is 2. The number of hydrogen-bond donors (Lipinski definition) is 0. The van der Waals surface area contributed by atoms with Crippen LogP contribution in [0, 0.1) is 6.92 Å². The van der Waals surface area contributed by atoms with E-state index in [0.717, 1.165) is 22.8 Å². The number of aromatic nitrogens is 1. The average Bonchev–Trinajstić information content (AvgIpc) is 2.80. The lowest BCUT2D eigenvalue weighted by Crippen LogP contribution is -2.17. The molecule has 0 fully saturated rings. The lowest BCUT2D eigenvalue weighted by Gasteiger charge is -2.15. The van der Waals surface area contributed by atoms with Crippen LogP contribution in [0.1, 0.15) is 21.6 Å². The second kappa shape index (κ2) is 10.3. The molecule has 7 heteroatoms. The third-order valence-electron chi connectivity index (χ3n) is 4.81. The zero-order valence-electron chi connectivity index (χ0n) is 17.8. The Hall–Kier alpha value is -3.74. The highest BCUT2D eigenvalue weighted by Crippen LogP contribution is 2.18. The Morgan fingerprint density at radius 2 is 1.58 bits per heavy atom. The molecular weight excluding hydrogens is 398 g/mol. The highest BCUT2D eigenvalue weighted by molar-refractivity contribution is 5.89. The minimum absolute atomic E-state index is 0.184. The van der Waals surface area contributed by atoms with Crippen molar-refractivity contribution in [2.24, 2.45) is 0 Å². The van der Waals surface area contributed by atoms with Crippen molar-refractivity contribution in [3.63, 3.8) is 0 Å². The normalized spacial score (nSPS) is 10.4. The predicted molar refractivity (Wildman–Crippen MR) is 116 cm³/mol. The van der Waals surface area contributed by atoms with Crippen molar-refractivity contribution in [3.8, 4) is 17.2 Å². The molecule has 0 radical (unpaired) electrons. The van der Waals surface area contributed by atoms with Gasteiger partial charge in [0.15, 0.2) is 5.75 Å². The molecule has 2 aromatic carbocycles. The van der Waals surface area contributed by atoms with E-state index in [1.807, 2.05) is 35.8 Å². The Morgan fingerprint density at radius 1 is 0.903 bits per heavy atom. The highest BCUT2D eigenvalue weighted by Gasteiger charge is 2.10. The Morgan fingerprint density at radius 3 is 2.23 bits per heavy atom. The number of nitrogens with zero attached hydrogens (tertiary/aromatic N) is 1. The Kier molecular flexibility index (Phi) is 7.32. The first-order chi connectivity index (χ1) is 15.0. The first-order valence-corrected chi connectivity index (χ1v) is 9.78. The molecule has 1 heterocycles. The fourth-order valence-corrected chi connectivity index (χ4v) is 3.02. The molecule has 3 rings (SSSR count). The van der Waals surface area contributed by atoms with E-state index in [4.69, 9.17) is 18.9 Å². The fourth-order valence-electron chi connectivity index (χ4n) is 3.02. The molecule has 1 aromatic heterocycles. The lowest BCUT2D eigenvalue weighted by atomic mass is 10.1. The minimum atomic E-state index is -0.397. The molecular formula is C24H25NO6. The van der Waals surface area contributed by atoms with E-state index >= 15 is 0 Å². The lowest BCUT2D eigenvalue weighted by molar-refractivity contribution is 0.0600. The number of pyridine rings is 1. The minimum Gasteiger partial charge on any atom is -0.497 e. The summed E-state index contributed by atoms with van der Waals surface area (Å²) in [6.07, 6.45) is 1.73. The molecule has 0 aliphatic carbocycles. The number of carbonyl (C=O) groups excluding carboxylic acids is 1. The second-order valence-electron chi connectivity index (χ2n) is 6.79. The van der Waals surface area contributed by atoms with Crippen LogP contribution in [0.5, 0.6) is 17.2 Å². The number of ether oxygens (including phenoxy) is 4. The monoisotopic (exact) mass is 423 g/mol. The van der Waals surface area contributed by atoms with Gasteiger partial charge in [-0.05, 0) is 48.9 Å². The van der Waals surface area contributed by atoms with Crippen LogP contribution in [-0.2, 0) is 17.9 Å². The van der Waals surface area contributed by atoms with Gasteiger partial charge >= 0.3 is 5.97 Å². The molecule has 0 aliphatic heterocycles. The van der Waals surface area contributed by atoms with Gasteiger partial charge in [-0.3, -0.25) is 4.79 Å². The molecule has 0 saturated heterocycles. The van der Waals surface area contributed by atoms with E-state index in [1.54, 1.807) is 37.6 Å². The third kappa shape index (κ3) is 5.66. The molecule has 0 atom stereocenters. The van der Waals surface area contributed by atoms with Crippen molar-refractivity contribution in [2.75, 3.05) is 20.8 Å². The number of benzene rings is 2. The molecule has 7 nitrogen and oxygen atoms in total. The van der Waals surface area contributed by atoms with Gasteiger partial charge in [0, 0.05) is 12.3 Å². The topological polar surface area (TPSA) is 76.0 Å². The molecule has 162 valence electrons. The van der Waals surface area contributed by atoms with E-state index in [9.17, 15) is 9.59 Å². The van der Waals surface area contributed by atoms with Gasteiger partial charge in [0.1, 0.15) is 24.7 Å². The smallest absolute Gasteiger partial charge is 0.337 e. The summed E-state index contributed by atoms with van der Waals surface area (Å²) in [5, 5.41) is 0. The van der Waals surface area contributed by atoms with Crippen LogP contribution in [-0.4, -0.2) is 31.4 Å². The van der Waals surface area contributed by atoms with Gasteiger partial charge in [-0.2, -0.15) is 0 Å². The maximum atomic E-state index is 12.3. The molecule has 0 spiro atoms. The largest absolute Gasteiger partial charge is 0.497 e. The number of rotatable bonds is 9. The molecule has 0 N–H and O–H groups in total. The van der Waals surface area contributed by atoms with Crippen molar-refractivity contribution in [2.45, 2.75) is 20.1 Å². The van der Waals surface area contributed by atoms with Crippen LogP contribution >= 0.6 is 0 Å². The Bertz CT molecular complexity index is 1070. The van der Waals surface area contributed by atoms with E-state index in [1.165, 1.54) is 13.2 Å². The average molecular weight is 423 g/mol. The van der Waals surface area contributed by atoms with Gasteiger partial charge in [0.2, 0.25) is 5.43 Å². The fraction of sp³-hybridized carbons (Fsp3) is 0.250. The van der Waals surface area contributed by atoms with Crippen LogP contribution in [0.15, 0.2) is 65.6 Å². The summed E-state index contributed by atoms with van der Waals surface area (Å²) < 4.78 is 23.3. The Labute approximate surface area is 180 Å². The molecule has 0 unspecified atom stereocenters. The SMILES string of the molecule is COC(=O)c1ccc(COc2c(C)n(CCOc3ccc(OC)cc3)ccc2=O)cc1. The van der Waals surface area contributed by atoms with Crippen LogP contribution < -0.4 is 19.6 Å².